The van der Waals surface area contributed by atoms with Gasteiger partial charge >= 0.3 is 0 Å². The van der Waals surface area contributed by atoms with Crippen LogP contribution < -0.4 is 5.73 Å². The molecule has 88 valence electrons. The lowest BCUT2D eigenvalue weighted by Crippen LogP contribution is -2.17. The molecule has 2 N–H and O–H groups in total. The molecule has 4 heteroatoms. The molecule has 1 aromatic carbocycles. The van der Waals surface area contributed by atoms with E-state index in [2.05, 4.69) is 10.1 Å². The van der Waals surface area contributed by atoms with E-state index < -0.39 is 0 Å². The fraction of sp³-hybridized carbons (Fsp3) is 0.385. The molecule has 1 fully saturated rings. The first-order chi connectivity index (χ1) is 8.25. The second-order valence-electron chi connectivity index (χ2n) is 4.65. The van der Waals surface area contributed by atoms with Crippen molar-refractivity contribution in [2.45, 2.75) is 18.9 Å². The summed E-state index contributed by atoms with van der Waals surface area (Å²) in [5.41, 5.74) is 7.21. The zero-order valence-electron chi connectivity index (χ0n) is 9.87. The van der Waals surface area contributed by atoms with Gasteiger partial charge in [-0.3, -0.25) is 4.68 Å². The molecule has 1 atom stereocenters. The number of aromatic nitrogens is 3. The summed E-state index contributed by atoms with van der Waals surface area (Å²) in [5.74, 6) is 2.26. The average Bonchev–Trinajstić information content (AvgIpc) is 3.13. The summed E-state index contributed by atoms with van der Waals surface area (Å²) in [4.78, 5) is 4.57. The van der Waals surface area contributed by atoms with Crippen molar-refractivity contribution in [2.75, 3.05) is 0 Å². The van der Waals surface area contributed by atoms with Crippen molar-refractivity contribution in [2.24, 2.45) is 18.7 Å². The van der Waals surface area contributed by atoms with Crippen LogP contribution in [0.2, 0.25) is 0 Å². The van der Waals surface area contributed by atoms with Crippen molar-refractivity contribution in [1.29, 1.82) is 0 Å². The molecule has 0 aliphatic heterocycles. The predicted molar refractivity (Wildman–Crippen MR) is 66.1 cm³/mol. The summed E-state index contributed by atoms with van der Waals surface area (Å²) in [5, 5.41) is 4.44. The largest absolute Gasteiger partial charge is 0.321 e. The topological polar surface area (TPSA) is 56.7 Å². The van der Waals surface area contributed by atoms with Gasteiger partial charge in [0.2, 0.25) is 0 Å². The third-order valence-electron chi connectivity index (χ3n) is 3.26. The monoisotopic (exact) mass is 228 g/mol. The molecule has 1 unspecified atom stereocenters. The van der Waals surface area contributed by atoms with Gasteiger partial charge in [0.25, 0.3) is 0 Å². The lowest BCUT2D eigenvalue weighted by Gasteiger charge is -2.07. The van der Waals surface area contributed by atoms with E-state index in [9.17, 15) is 0 Å². The Balaban J connectivity index is 1.95. The van der Waals surface area contributed by atoms with E-state index in [1.54, 1.807) is 0 Å². The number of hydrogen-bond acceptors (Lipinski definition) is 3. The van der Waals surface area contributed by atoms with Gasteiger partial charge in [-0.2, -0.15) is 5.10 Å². The van der Waals surface area contributed by atoms with Crippen LogP contribution in [-0.4, -0.2) is 14.8 Å². The van der Waals surface area contributed by atoms with Crippen LogP contribution in [0, 0.1) is 5.92 Å². The highest BCUT2D eigenvalue weighted by Crippen LogP contribution is 2.38. The minimum absolute atomic E-state index is 0.0324. The SMILES string of the molecule is Cn1nc(-c2ccccc2)nc1C(N)C1CC1. The molecule has 1 aromatic heterocycles. The standard InChI is InChI=1S/C13H16N4/c1-17-13(11(14)9-7-8-9)15-12(16-17)10-5-3-2-4-6-10/h2-6,9,11H,7-8,14H2,1H3. The van der Waals surface area contributed by atoms with Crippen molar-refractivity contribution < 1.29 is 0 Å². The summed E-state index contributed by atoms with van der Waals surface area (Å²) in [6.07, 6.45) is 2.43. The molecule has 0 saturated heterocycles. The summed E-state index contributed by atoms with van der Waals surface area (Å²) in [6, 6.07) is 10.0. The minimum atomic E-state index is 0.0324. The van der Waals surface area contributed by atoms with E-state index in [0.717, 1.165) is 17.2 Å². The van der Waals surface area contributed by atoms with E-state index in [0.29, 0.717) is 5.92 Å². The third kappa shape index (κ3) is 1.96. The zero-order chi connectivity index (χ0) is 11.8. The van der Waals surface area contributed by atoms with Gasteiger partial charge in [-0.1, -0.05) is 30.3 Å². The first kappa shape index (κ1) is 10.5. The molecule has 17 heavy (non-hydrogen) atoms. The molecule has 1 heterocycles. The van der Waals surface area contributed by atoms with Crippen molar-refractivity contribution in [3.63, 3.8) is 0 Å². The number of nitrogens with zero attached hydrogens (tertiary/aromatic N) is 3. The van der Waals surface area contributed by atoms with Crippen LogP contribution in [0.3, 0.4) is 0 Å². The smallest absolute Gasteiger partial charge is 0.181 e. The highest BCUT2D eigenvalue weighted by molar-refractivity contribution is 5.54. The Morgan fingerprint density at radius 2 is 2.00 bits per heavy atom. The van der Waals surface area contributed by atoms with Crippen LogP contribution in [0.4, 0.5) is 0 Å². The molecule has 0 amide bonds. The molecule has 0 radical (unpaired) electrons. The molecule has 2 aromatic rings. The quantitative estimate of drug-likeness (QED) is 0.872. The van der Waals surface area contributed by atoms with Gasteiger partial charge in [-0.15, -0.1) is 0 Å². The van der Waals surface area contributed by atoms with Crippen LogP contribution in [-0.2, 0) is 7.05 Å². The van der Waals surface area contributed by atoms with Gasteiger partial charge < -0.3 is 5.73 Å². The van der Waals surface area contributed by atoms with Crippen molar-refractivity contribution >= 4 is 0 Å². The Kier molecular flexibility index (Phi) is 2.44. The third-order valence-corrected chi connectivity index (χ3v) is 3.26. The van der Waals surface area contributed by atoms with Gasteiger partial charge in [0.1, 0.15) is 5.82 Å². The molecule has 0 spiro atoms. The van der Waals surface area contributed by atoms with E-state index in [4.69, 9.17) is 5.73 Å². The second kappa shape index (κ2) is 3.96. The molecule has 1 aliphatic carbocycles. The number of aryl methyl sites for hydroxylation is 1. The van der Waals surface area contributed by atoms with Crippen molar-refractivity contribution in [3.8, 4) is 11.4 Å². The van der Waals surface area contributed by atoms with Crippen LogP contribution in [0.1, 0.15) is 24.7 Å². The van der Waals surface area contributed by atoms with E-state index in [1.807, 2.05) is 42.1 Å². The molecule has 4 nitrogen and oxygen atoms in total. The van der Waals surface area contributed by atoms with Gasteiger partial charge in [0.15, 0.2) is 5.82 Å². The molecule has 1 aliphatic rings. The van der Waals surface area contributed by atoms with Gasteiger partial charge in [-0.05, 0) is 18.8 Å². The first-order valence-corrected chi connectivity index (χ1v) is 5.97. The van der Waals surface area contributed by atoms with Crippen molar-refractivity contribution in [3.05, 3.63) is 36.2 Å². The molecular weight excluding hydrogens is 212 g/mol. The Bertz CT molecular complexity index is 513. The number of hydrogen-bond donors (Lipinski definition) is 1. The van der Waals surface area contributed by atoms with Gasteiger partial charge in [-0.25, -0.2) is 4.98 Å². The fourth-order valence-electron chi connectivity index (χ4n) is 2.06. The van der Waals surface area contributed by atoms with Crippen LogP contribution in [0.5, 0.6) is 0 Å². The minimum Gasteiger partial charge on any atom is -0.321 e. The van der Waals surface area contributed by atoms with E-state index >= 15 is 0 Å². The van der Waals surface area contributed by atoms with Crippen LogP contribution in [0.25, 0.3) is 11.4 Å². The summed E-state index contributed by atoms with van der Waals surface area (Å²) >= 11 is 0. The molecular formula is C13H16N4. The molecule has 0 bridgehead atoms. The normalized spacial score (nSPS) is 17.1. The predicted octanol–water partition coefficient (Wildman–Crippen LogP) is 1.89. The van der Waals surface area contributed by atoms with Crippen LogP contribution in [0.15, 0.2) is 30.3 Å². The molecule has 3 rings (SSSR count). The summed E-state index contributed by atoms with van der Waals surface area (Å²) in [6.45, 7) is 0. The average molecular weight is 228 g/mol. The molecule has 1 saturated carbocycles. The highest BCUT2D eigenvalue weighted by Gasteiger charge is 2.32. The lowest BCUT2D eigenvalue weighted by atomic mass is 10.2. The van der Waals surface area contributed by atoms with E-state index in [-0.39, 0.29) is 6.04 Å². The Labute approximate surface area is 100 Å². The van der Waals surface area contributed by atoms with Gasteiger partial charge in [0, 0.05) is 12.6 Å². The number of benzene rings is 1. The Hall–Kier alpha value is -1.68. The number of nitrogens with two attached hydrogens (primary N) is 1. The van der Waals surface area contributed by atoms with Gasteiger partial charge in [0.05, 0.1) is 6.04 Å². The summed E-state index contributed by atoms with van der Waals surface area (Å²) in [7, 11) is 1.91. The maximum Gasteiger partial charge on any atom is 0.181 e. The van der Waals surface area contributed by atoms with Crippen LogP contribution >= 0.6 is 0 Å². The lowest BCUT2D eigenvalue weighted by molar-refractivity contribution is 0.551. The number of rotatable bonds is 3. The highest BCUT2D eigenvalue weighted by atomic mass is 15.3. The maximum atomic E-state index is 6.17. The maximum absolute atomic E-state index is 6.17. The summed E-state index contributed by atoms with van der Waals surface area (Å²) < 4.78 is 1.81. The zero-order valence-corrected chi connectivity index (χ0v) is 9.87. The fourth-order valence-corrected chi connectivity index (χ4v) is 2.06. The Morgan fingerprint density at radius 3 is 2.65 bits per heavy atom. The Morgan fingerprint density at radius 1 is 1.29 bits per heavy atom. The van der Waals surface area contributed by atoms with E-state index in [1.165, 1.54) is 12.8 Å². The first-order valence-electron chi connectivity index (χ1n) is 5.97. The second-order valence-corrected chi connectivity index (χ2v) is 4.65. The van der Waals surface area contributed by atoms with Crippen molar-refractivity contribution in [1.82, 2.24) is 14.8 Å².